The van der Waals surface area contributed by atoms with E-state index in [0.29, 0.717) is 0 Å². The van der Waals surface area contributed by atoms with Crippen LogP contribution in [0.15, 0.2) is 53.7 Å². The van der Waals surface area contributed by atoms with E-state index in [2.05, 4.69) is 20.9 Å². The molecule has 2 heterocycles. The predicted octanol–water partition coefficient (Wildman–Crippen LogP) is 2.94. The highest BCUT2D eigenvalue weighted by molar-refractivity contribution is 5.85. The molecule has 1 aromatic heterocycles. The van der Waals surface area contributed by atoms with E-state index in [-0.39, 0.29) is 0 Å². The van der Waals surface area contributed by atoms with Gasteiger partial charge in [-0.2, -0.15) is 0 Å². The maximum absolute atomic E-state index is 4.37. The van der Waals surface area contributed by atoms with Crippen molar-refractivity contribution in [1.29, 1.82) is 0 Å². The third kappa shape index (κ3) is 1.46. The Morgan fingerprint density at radius 2 is 1.88 bits per heavy atom. The molecule has 0 spiro atoms. The van der Waals surface area contributed by atoms with Crippen LogP contribution in [0, 0.1) is 0 Å². The van der Waals surface area contributed by atoms with Gasteiger partial charge in [0.2, 0.25) is 0 Å². The molecule has 0 amide bonds. The summed E-state index contributed by atoms with van der Waals surface area (Å²) < 4.78 is 0. The topological polar surface area (TPSA) is 28.5 Å². The third-order valence-electron chi connectivity index (χ3n) is 2.59. The van der Waals surface area contributed by atoms with Crippen molar-refractivity contribution in [1.82, 2.24) is 4.98 Å². The van der Waals surface area contributed by atoms with Crippen LogP contribution >= 0.6 is 0 Å². The van der Waals surface area contributed by atoms with Gasteiger partial charge < -0.3 is 4.90 Å². The fourth-order valence-corrected chi connectivity index (χ4v) is 1.85. The average Bonchev–Trinajstić information content (AvgIpc) is 2.39. The SMILES string of the molecule is C1=Nc2ccccc2N(c2ccccn2)C1. The van der Waals surface area contributed by atoms with Crippen molar-refractivity contribution in [3.8, 4) is 0 Å². The molecule has 78 valence electrons. The molecule has 1 aliphatic heterocycles. The molecule has 3 rings (SSSR count). The van der Waals surface area contributed by atoms with Crippen LogP contribution in [-0.4, -0.2) is 17.7 Å². The Balaban J connectivity index is 2.09. The van der Waals surface area contributed by atoms with Crippen molar-refractivity contribution in [3.05, 3.63) is 48.7 Å². The van der Waals surface area contributed by atoms with Gasteiger partial charge in [-0.3, -0.25) is 4.99 Å². The van der Waals surface area contributed by atoms with Gasteiger partial charge in [0.15, 0.2) is 0 Å². The zero-order valence-corrected chi connectivity index (χ0v) is 8.74. The first-order valence-electron chi connectivity index (χ1n) is 5.25. The van der Waals surface area contributed by atoms with Crippen LogP contribution in [0.3, 0.4) is 0 Å². The number of aromatic nitrogens is 1. The highest BCUT2D eigenvalue weighted by Gasteiger charge is 2.15. The summed E-state index contributed by atoms with van der Waals surface area (Å²) in [5.74, 6) is 0.959. The number of pyridine rings is 1. The lowest BCUT2D eigenvalue weighted by atomic mass is 10.2. The number of hydrogen-bond donors (Lipinski definition) is 0. The second-order valence-electron chi connectivity index (χ2n) is 3.60. The number of anilines is 2. The Hall–Kier alpha value is -2.16. The van der Waals surface area contributed by atoms with Crippen LogP contribution in [0.5, 0.6) is 0 Å². The van der Waals surface area contributed by atoms with E-state index in [4.69, 9.17) is 0 Å². The first kappa shape index (κ1) is 9.09. The normalized spacial score (nSPS) is 13.6. The molecule has 0 bridgehead atoms. The number of aliphatic imine (C=N–C) groups is 1. The lowest BCUT2D eigenvalue weighted by molar-refractivity contribution is 1.06. The second-order valence-corrected chi connectivity index (χ2v) is 3.60. The lowest BCUT2D eigenvalue weighted by Crippen LogP contribution is -2.22. The molecule has 0 radical (unpaired) electrons. The first-order chi connectivity index (χ1) is 7.95. The molecule has 16 heavy (non-hydrogen) atoms. The van der Waals surface area contributed by atoms with Crippen LogP contribution < -0.4 is 4.90 Å². The highest BCUT2D eigenvalue weighted by Crippen LogP contribution is 2.34. The lowest BCUT2D eigenvalue weighted by Gasteiger charge is -2.26. The molecule has 3 nitrogen and oxygen atoms in total. The number of nitrogens with zero attached hydrogens (tertiary/aromatic N) is 3. The molecule has 0 aliphatic carbocycles. The van der Waals surface area contributed by atoms with E-state index in [0.717, 1.165) is 23.7 Å². The Labute approximate surface area is 94.1 Å². The van der Waals surface area contributed by atoms with Crippen molar-refractivity contribution in [3.63, 3.8) is 0 Å². The Kier molecular flexibility index (Phi) is 2.14. The summed E-state index contributed by atoms with van der Waals surface area (Å²) in [5.41, 5.74) is 2.11. The van der Waals surface area contributed by atoms with Gasteiger partial charge in [-0.25, -0.2) is 4.98 Å². The van der Waals surface area contributed by atoms with E-state index in [9.17, 15) is 0 Å². The van der Waals surface area contributed by atoms with Gasteiger partial charge in [0, 0.05) is 12.4 Å². The van der Waals surface area contributed by atoms with Gasteiger partial charge >= 0.3 is 0 Å². The third-order valence-corrected chi connectivity index (χ3v) is 2.59. The summed E-state index contributed by atoms with van der Waals surface area (Å²) in [6, 6.07) is 14.0. The Morgan fingerprint density at radius 3 is 2.75 bits per heavy atom. The standard InChI is InChI=1S/C13H11N3/c1-2-6-12-11(5-1)14-9-10-16(12)13-7-3-4-8-15-13/h1-9H,10H2. The number of fused-ring (bicyclic) bond motifs is 1. The summed E-state index contributed by atoms with van der Waals surface area (Å²) in [6.45, 7) is 0.772. The molecular formula is C13H11N3. The maximum Gasteiger partial charge on any atom is 0.133 e. The molecule has 2 aromatic rings. The zero-order valence-electron chi connectivity index (χ0n) is 8.74. The summed E-state index contributed by atoms with van der Waals surface area (Å²) >= 11 is 0. The second kappa shape index (κ2) is 3.77. The van der Waals surface area contributed by atoms with Crippen molar-refractivity contribution in [2.45, 2.75) is 0 Å². The Bertz CT molecular complexity index is 520. The van der Waals surface area contributed by atoms with Crippen LogP contribution in [0.1, 0.15) is 0 Å². The van der Waals surface area contributed by atoms with Crippen molar-refractivity contribution in [2.75, 3.05) is 11.4 Å². The maximum atomic E-state index is 4.37. The monoisotopic (exact) mass is 209 g/mol. The van der Waals surface area contributed by atoms with Gasteiger partial charge in [0.1, 0.15) is 5.82 Å². The van der Waals surface area contributed by atoms with Gasteiger partial charge in [0.25, 0.3) is 0 Å². The largest absolute Gasteiger partial charge is 0.319 e. The molecule has 0 N–H and O–H groups in total. The van der Waals surface area contributed by atoms with Gasteiger partial charge in [-0.15, -0.1) is 0 Å². The van der Waals surface area contributed by atoms with Crippen LogP contribution in [0.25, 0.3) is 0 Å². The summed E-state index contributed by atoms with van der Waals surface area (Å²) in [4.78, 5) is 10.9. The van der Waals surface area contributed by atoms with E-state index < -0.39 is 0 Å². The summed E-state index contributed by atoms with van der Waals surface area (Å²) in [6.07, 6.45) is 3.72. The smallest absolute Gasteiger partial charge is 0.133 e. The van der Waals surface area contributed by atoms with Crippen LogP contribution in [0.4, 0.5) is 17.2 Å². The van der Waals surface area contributed by atoms with Crippen molar-refractivity contribution < 1.29 is 0 Å². The minimum Gasteiger partial charge on any atom is -0.319 e. The minimum absolute atomic E-state index is 0.772. The van der Waals surface area contributed by atoms with Crippen LogP contribution in [-0.2, 0) is 0 Å². The number of benzene rings is 1. The predicted molar refractivity (Wildman–Crippen MR) is 65.8 cm³/mol. The quantitative estimate of drug-likeness (QED) is 0.722. The Morgan fingerprint density at radius 1 is 1.00 bits per heavy atom. The van der Waals surface area contributed by atoms with Gasteiger partial charge in [-0.05, 0) is 24.3 Å². The fraction of sp³-hybridized carbons (Fsp3) is 0.0769. The number of rotatable bonds is 1. The van der Waals surface area contributed by atoms with Crippen molar-refractivity contribution in [2.24, 2.45) is 4.99 Å². The summed E-state index contributed by atoms with van der Waals surface area (Å²) in [5, 5.41) is 0. The molecule has 0 saturated heterocycles. The van der Waals surface area contributed by atoms with Crippen molar-refractivity contribution >= 4 is 23.4 Å². The number of para-hydroxylation sites is 2. The molecule has 0 fully saturated rings. The van der Waals surface area contributed by atoms with Gasteiger partial charge in [-0.1, -0.05) is 18.2 Å². The summed E-state index contributed by atoms with van der Waals surface area (Å²) in [7, 11) is 0. The van der Waals surface area contributed by atoms with Gasteiger partial charge in [0.05, 0.1) is 17.9 Å². The first-order valence-corrected chi connectivity index (χ1v) is 5.25. The van der Waals surface area contributed by atoms with E-state index in [1.807, 2.05) is 48.8 Å². The highest BCUT2D eigenvalue weighted by atomic mass is 15.2. The van der Waals surface area contributed by atoms with E-state index in [1.54, 1.807) is 0 Å². The molecular weight excluding hydrogens is 198 g/mol. The molecule has 1 aromatic carbocycles. The fourth-order valence-electron chi connectivity index (χ4n) is 1.85. The average molecular weight is 209 g/mol. The van der Waals surface area contributed by atoms with Crippen LogP contribution in [0.2, 0.25) is 0 Å². The molecule has 0 saturated carbocycles. The molecule has 3 heteroatoms. The van der Waals surface area contributed by atoms with E-state index in [1.165, 1.54) is 0 Å². The number of hydrogen-bond acceptors (Lipinski definition) is 3. The zero-order chi connectivity index (χ0) is 10.8. The molecule has 0 unspecified atom stereocenters. The van der Waals surface area contributed by atoms with E-state index >= 15 is 0 Å². The molecule has 1 aliphatic rings. The molecule has 0 atom stereocenters. The minimum atomic E-state index is 0.772.